The number of aryl methyl sites for hydroxylation is 1. The van der Waals surface area contributed by atoms with E-state index in [-0.39, 0.29) is 12.5 Å². The van der Waals surface area contributed by atoms with Crippen LogP contribution in [0.5, 0.6) is 5.75 Å². The third kappa shape index (κ3) is 4.50. The van der Waals surface area contributed by atoms with E-state index in [2.05, 4.69) is 15.2 Å². The summed E-state index contributed by atoms with van der Waals surface area (Å²) >= 11 is 1.63. The van der Waals surface area contributed by atoms with E-state index in [1.165, 1.54) is 0 Å². The van der Waals surface area contributed by atoms with E-state index in [9.17, 15) is 4.79 Å². The number of nitrogens with one attached hydrogen (secondary N) is 1. The third-order valence-corrected chi connectivity index (χ3v) is 7.23. The zero-order valence-electron chi connectivity index (χ0n) is 19.8. The first kappa shape index (κ1) is 22.5. The number of thiazole rings is 1. The summed E-state index contributed by atoms with van der Waals surface area (Å²) in [5.41, 5.74) is 4.90. The maximum atomic E-state index is 13.2. The topological polar surface area (TPSA) is 81.0 Å². The Morgan fingerprint density at radius 3 is 2.83 bits per heavy atom. The molecule has 0 unspecified atom stereocenters. The van der Waals surface area contributed by atoms with Gasteiger partial charge in [0, 0.05) is 31.2 Å². The Morgan fingerprint density at radius 2 is 1.97 bits per heavy atom. The van der Waals surface area contributed by atoms with Crippen LogP contribution < -0.4 is 15.0 Å². The van der Waals surface area contributed by atoms with E-state index in [1.807, 2.05) is 66.2 Å². The Morgan fingerprint density at radius 1 is 1.11 bits per heavy atom. The highest BCUT2D eigenvalue weighted by Crippen LogP contribution is 2.31. The maximum absolute atomic E-state index is 13.2. The van der Waals surface area contributed by atoms with Crippen LogP contribution in [0.4, 0.5) is 10.8 Å². The van der Waals surface area contributed by atoms with Gasteiger partial charge in [0.25, 0.3) is 5.91 Å². The molecule has 6 rings (SSSR count). The molecule has 0 radical (unpaired) electrons. The van der Waals surface area contributed by atoms with E-state index in [4.69, 9.17) is 14.5 Å². The van der Waals surface area contributed by atoms with Gasteiger partial charge < -0.3 is 24.1 Å². The molecule has 182 valence electrons. The number of para-hydroxylation sites is 1. The second-order valence-corrected chi connectivity index (χ2v) is 9.68. The fraction of sp³-hybridized carbons (Fsp3) is 0.222. The van der Waals surface area contributed by atoms with Crippen LogP contribution in [0, 0.1) is 6.92 Å². The van der Waals surface area contributed by atoms with Gasteiger partial charge in [0.2, 0.25) is 0 Å². The number of nitrogens with zero attached hydrogens (tertiary/aromatic N) is 4. The Bertz CT molecular complexity index is 1550. The van der Waals surface area contributed by atoms with Crippen LogP contribution in [0.3, 0.4) is 0 Å². The average Bonchev–Trinajstić information content (AvgIpc) is 3.53. The number of anilines is 2. The molecule has 4 heterocycles. The van der Waals surface area contributed by atoms with E-state index in [0.29, 0.717) is 11.3 Å². The van der Waals surface area contributed by atoms with Gasteiger partial charge in [0.05, 0.1) is 34.7 Å². The molecule has 1 amide bonds. The van der Waals surface area contributed by atoms with Crippen LogP contribution in [0.2, 0.25) is 0 Å². The fourth-order valence-electron chi connectivity index (χ4n) is 4.28. The number of pyridine rings is 1. The minimum atomic E-state index is -0.228. The van der Waals surface area contributed by atoms with E-state index >= 15 is 0 Å². The fourth-order valence-corrected chi connectivity index (χ4v) is 5.34. The number of hydrogen-bond donors (Lipinski definition) is 1. The van der Waals surface area contributed by atoms with Crippen LogP contribution in [0.25, 0.3) is 15.9 Å². The van der Waals surface area contributed by atoms with Gasteiger partial charge in [0.1, 0.15) is 18.0 Å². The van der Waals surface area contributed by atoms with Crippen LogP contribution in [0.15, 0.2) is 67.0 Å². The van der Waals surface area contributed by atoms with Crippen LogP contribution >= 0.6 is 11.3 Å². The van der Waals surface area contributed by atoms with Gasteiger partial charge in [-0.05, 0) is 48.9 Å². The summed E-state index contributed by atoms with van der Waals surface area (Å²) in [6.45, 7) is 5.41. The summed E-state index contributed by atoms with van der Waals surface area (Å²) in [7, 11) is 0. The molecule has 1 aliphatic rings. The third-order valence-electron chi connectivity index (χ3n) is 6.15. The lowest BCUT2D eigenvalue weighted by molar-refractivity contribution is 0.102. The first-order valence-electron chi connectivity index (χ1n) is 11.8. The van der Waals surface area contributed by atoms with Crippen molar-refractivity contribution < 1.29 is 14.3 Å². The quantitative estimate of drug-likeness (QED) is 0.357. The summed E-state index contributed by atoms with van der Waals surface area (Å²) in [5, 5.41) is 4.00. The Kier molecular flexibility index (Phi) is 6.00. The Hall–Kier alpha value is -3.95. The monoisotopic (exact) mass is 499 g/mol. The van der Waals surface area contributed by atoms with Crippen molar-refractivity contribution in [1.82, 2.24) is 14.4 Å². The van der Waals surface area contributed by atoms with Crippen molar-refractivity contribution in [1.29, 1.82) is 0 Å². The number of carbonyl (C=O) groups excluding carboxylic acids is 1. The van der Waals surface area contributed by atoms with Crippen molar-refractivity contribution in [3.8, 4) is 5.75 Å². The highest BCUT2D eigenvalue weighted by molar-refractivity contribution is 7.22. The van der Waals surface area contributed by atoms with Crippen molar-refractivity contribution in [3.05, 3.63) is 83.8 Å². The molecule has 2 aromatic carbocycles. The standard InChI is InChI=1S/C27H25N5O3S/c1-18-5-4-10-32-16-20(28-25(18)32)17-35-23-7-3-2-6-21(23)26(33)29-19-8-9-22-24(15-19)36-27(30-22)31-11-13-34-14-12-31/h2-10,15-16H,11-14,17H2,1H3,(H,29,33). The van der Waals surface area contributed by atoms with E-state index in [0.717, 1.165) is 64.2 Å². The number of rotatable bonds is 6. The number of ether oxygens (including phenoxy) is 2. The number of aromatic nitrogens is 3. The predicted molar refractivity (Wildman–Crippen MR) is 141 cm³/mol. The molecule has 3 aromatic heterocycles. The van der Waals surface area contributed by atoms with Crippen LogP contribution in [-0.4, -0.2) is 46.6 Å². The zero-order chi connectivity index (χ0) is 24.5. The molecule has 5 aromatic rings. The van der Waals surface area contributed by atoms with Gasteiger partial charge >= 0.3 is 0 Å². The highest BCUT2D eigenvalue weighted by Gasteiger charge is 2.17. The second kappa shape index (κ2) is 9.60. The van der Waals surface area contributed by atoms with Gasteiger partial charge in [-0.25, -0.2) is 9.97 Å². The van der Waals surface area contributed by atoms with Crippen molar-refractivity contribution in [2.24, 2.45) is 0 Å². The lowest BCUT2D eigenvalue weighted by atomic mass is 10.2. The van der Waals surface area contributed by atoms with Gasteiger partial charge in [-0.2, -0.15) is 0 Å². The molecule has 0 bridgehead atoms. The molecule has 8 nitrogen and oxygen atoms in total. The van der Waals surface area contributed by atoms with Gasteiger partial charge in [-0.1, -0.05) is 29.5 Å². The molecular formula is C27H25N5O3S. The van der Waals surface area contributed by atoms with Gasteiger partial charge in [0.15, 0.2) is 5.13 Å². The second-order valence-electron chi connectivity index (χ2n) is 8.67. The first-order chi connectivity index (χ1) is 17.6. The summed E-state index contributed by atoms with van der Waals surface area (Å²) < 4.78 is 14.5. The van der Waals surface area contributed by atoms with Crippen molar-refractivity contribution in [2.45, 2.75) is 13.5 Å². The molecule has 1 aliphatic heterocycles. The molecule has 0 saturated carbocycles. The van der Waals surface area contributed by atoms with E-state index < -0.39 is 0 Å². The lowest BCUT2D eigenvalue weighted by Crippen LogP contribution is -2.36. The number of imidazole rings is 1. The normalized spacial score (nSPS) is 13.9. The summed E-state index contributed by atoms with van der Waals surface area (Å²) in [5.74, 6) is 0.283. The first-order valence-corrected chi connectivity index (χ1v) is 12.7. The minimum absolute atomic E-state index is 0.228. The SMILES string of the molecule is Cc1cccn2cc(COc3ccccc3C(=O)Nc3ccc4nc(N5CCOCC5)sc4c3)nc12. The minimum Gasteiger partial charge on any atom is -0.486 e. The zero-order valence-corrected chi connectivity index (χ0v) is 20.6. The number of hydrogen-bond acceptors (Lipinski definition) is 7. The maximum Gasteiger partial charge on any atom is 0.259 e. The average molecular weight is 500 g/mol. The number of amides is 1. The summed E-state index contributed by atoms with van der Waals surface area (Å²) in [6, 6.07) is 17.1. The number of carbonyl (C=O) groups is 1. The molecule has 36 heavy (non-hydrogen) atoms. The van der Waals surface area contributed by atoms with Crippen molar-refractivity contribution in [2.75, 3.05) is 36.5 Å². The summed E-state index contributed by atoms with van der Waals surface area (Å²) in [6.07, 6.45) is 3.91. The Balaban J connectivity index is 1.18. The van der Waals surface area contributed by atoms with Crippen molar-refractivity contribution in [3.63, 3.8) is 0 Å². The van der Waals surface area contributed by atoms with Gasteiger partial charge in [-0.15, -0.1) is 0 Å². The smallest absolute Gasteiger partial charge is 0.259 e. The highest BCUT2D eigenvalue weighted by atomic mass is 32.1. The number of fused-ring (bicyclic) bond motifs is 2. The number of benzene rings is 2. The molecule has 0 aliphatic carbocycles. The molecule has 0 spiro atoms. The molecule has 9 heteroatoms. The molecular weight excluding hydrogens is 474 g/mol. The molecule has 1 N–H and O–H groups in total. The predicted octanol–water partition coefficient (Wildman–Crippen LogP) is 4.92. The number of morpholine rings is 1. The van der Waals surface area contributed by atoms with Crippen LogP contribution in [-0.2, 0) is 11.3 Å². The van der Waals surface area contributed by atoms with Crippen molar-refractivity contribution >= 4 is 43.9 Å². The largest absolute Gasteiger partial charge is 0.486 e. The molecule has 1 fully saturated rings. The summed E-state index contributed by atoms with van der Waals surface area (Å²) in [4.78, 5) is 24.8. The Labute approximate surface area is 212 Å². The molecule has 0 atom stereocenters. The lowest BCUT2D eigenvalue weighted by Gasteiger charge is -2.25. The molecule has 1 saturated heterocycles. The van der Waals surface area contributed by atoms with Crippen LogP contribution in [0.1, 0.15) is 21.6 Å². The van der Waals surface area contributed by atoms with Gasteiger partial charge in [-0.3, -0.25) is 4.79 Å². The van der Waals surface area contributed by atoms with E-state index in [1.54, 1.807) is 23.5 Å².